The number of non-ortho nitro benzene ring substituents is 1. The minimum atomic E-state index is -0.439. The van der Waals surface area contributed by atoms with E-state index in [2.05, 4.69) is 10.6 Å². The van der Waals surface area contributed by atoms with Crippen LogP contribution in [0.25, 0.3) is 16.9 Å². The van der Waals surface area contributed by atoms with Crippen molar-refractivity contribution in [1.29, 1.82) is 0 Å². The molecule has 0 fully saturated rings. The number of anilines is 1. The Morgan fingerprint density at radius 1 is 1.00 bits per heavy atom. The number of hydrogen-bond donors (Lipinski definition) is 2. The molecule has 31 heavy (non-hydrogen) atoms. The first kappa shape index (κ1) is 20.2. The summed E-state index contributed by atoms with van der Waals surface area (Å²) in [5.74, 6) is 0. The molecule has 0 aliphatic carbocycles. The second-order valence-electron chi connectivity index (χ2n) is 6.76. The van der Waals surface area contributed by atoms with Crippen molar-refractivity contribution in [2.45, 2.75) is 6.54 Å². The van der Waals surface area contributed by atoms with Crippen LogP contribution in [0.15, 0.2) is 91.1 Å². The van der Waals surface area contributed by atoms with Gasteiger partial charge in [-0.05, 0) is 30.4 Å². The van der Waals surface area contributed by atoms with Crippen molar-refractivity contribution in [2.75, 3.05) is 5.32 Å². The fourth-order valence-corrected chi connectivity index (χ4v) is 3.33. The van der Waals surface area contributed by atoms with Gasteiger partial charge in [-0.25, -0.2) is 4.68 Å². The molecule has 0 bridgehead atoms. The molecule has 1 heterocycles. The first-order valence-electron chi connectivity index (χ1n) is 9.59. The molecule has 0 aliphatic heterocycles. The molecule has 1 aromatic heterocycles. The maximum atomic E-state index is 11.0. The summed E-state index contributed by atoms with van der Waals surface area (Å²) in [6.07, 6.45) is 1.97. The molecule has 154 valence electrons. The maximum Gasteiger partial charge on any atom is 0.271 e. The summed E-state index contributed by atoms with van der Waals surface area (Å²) in [6.45, 7) is 0.442. The van der Waals surface area contributed by atoms with Crippen molar-refractivity contribution < 1.29 is 4.92 Å². The van der Waals surface area contributed by atoms with Crippen LogP contribution in [0.2, 0.25) is 0 Å². The number of rotatable bonds is 6. The van der Waals surface area contributed by atoms with Crippen molar-refractivity contribution in [1.82, 2.24) is 15.1 Å². The van der Waals surface area contributed by atoms with Gasteiger partial charge in [0.1, 0.15) is 0 Å². The second-order valence-corrected chi connectivity index (χ2v) is 7.17. The fourth-order valence-electron chi connectivity index (χ4n) is 3.14. The number of thiocarbonyl (C=S) groups is 1. The standard InChI is InChI=1S/C23H19N5O2S/c29-28(30)21-13-7-10-19(14-21)25-23(31)24-15-18-16-27(20-11-5-2-6-12-20)26-22(18)17-8-3-1-4-9-17/h1-14,16H,15H2,(H2,24,25,31). The summed E-state index contributed by atoms with van der Waals surface area (Å²) in [4.78, 5) is 10.5. The first-order valence-corrected chi connectivity index (χ1v) is 10.00. The lowest BCUT2D eigenvalue weighted by atomic mass is 10.1. The van der Waals surface area contributed by atoms with Crippen LogP contribution in [-0.2, 0) is 6.54 Å². The van der Waals surface area contributed by atoms with E-state index in [-0.39, 0.29) is 5.69 Å². The molecule has 0 unspecified atom stereocenters. The van der Waals surface area contributed by atoms with Crippen LogP contribution in [0.5, 0.6) is 0 Å². The molecule has 4 rings (SSSR count). The van der Waals surface area contributed by atoms with Crippen molar-refractivity contribution in [3.63, 3.8) is 0 Å². The zero-order valence-electron chi connectivity index (χ0n) is 16.4. The molecule has 0 amide bonds. The summed E-state index contributed by atoms with van der Waals surface area (Å²) >= 11 is 5.39. The van der Waals surface area contributed by atoms with Crippen LogP contribution in [0.1, 0.15) is 5.56 Å². The summed E-state index contributed by atoms with van der Waals surface area (Å²) in [5.41, 5.74) is 4.35. The van der Waals surface area contributed by atoms with Crippen LogP contribution in [0.3, 0.4) is 0 Å². The lowest BCUT2D eigenvalue weighted by Gasteiger charge is -2.10. The molecule has 0 radical (unpaired) electrons. The highest BCUT2D eigenvalue weighted by Crippen LogP contribution is 2.24. The van der Waals surface area contributed by atoms with Crippen molar-refractivity contribution in [2.24, 2.45) is 0 Å². The Balaban J connectivity index is 1.53. The number of nitrogens with one attached hydrogen (secondary N) is 2. The zero-order chi connectivity index (χ0) is 21.6. The van der Waals surface area contributed by atoms with Gasteiger partial charge in [-0.1, -0.05) is 54.6 Å². The maximum absolute atomic E-state index is 11.0. The predicted octanol–water partition coefficient (Wildman–Crippen LogP) is 4.93. The van der Waals surface area contributed by atoms with Crippen LogP contribution in [-0.4, -0.2) is 19.8 Å². The summed E-state index contributed by atoms with van der Waals surface area (Å²) < 4.78 is 1.84. The summed E-state index contributed by atoms with van der Waals surface area (Å²) in [5, 5.41) is 22.3. The van der Waals surface area contributed by atoms with Gasteiger partial charge < -0.3 is 10.6 Å². The molecule has 7 nitrogen and oxygen atoms in total. The van der Waals surface area contributed by atoms with Gasteiger partial charge >= 0.3 is 0 Å². The molecular weight excluding hydrogens is 410 g/mol. The Morgan fingerprint density at radius 3 is 2.42 bits per heavy atom. The molecule has 8 heteroatoms. The minimum absolute atomic E-state index is 0.00306. The van der Waals surface area contributed by atoms with E-state index in [4.69, 9.17) is 17.3 Å². The SMILES string of the molecule is O=[N+]([O-])c1cccc(NC(=S)NCc2cn(-c3ccccc3)nc2-c2ccccc2)c1. The number of nitro groups is 1. The third-order valence-corrected chi connectivity index (χ3v) is 4.86. The summed E-state index contributed by atoms with van der Waals surface area (Å²) in [7, 11) is 0. The van der Waals surface area contributed by atoms with E-state index in [1.165, 1.54) is 12.1 Å². The molecular formula is C23H19N5O2S. The molecule has 0 aliphatic rings. The molecule has 0 saturated carbocycles. The van der Waals surface area contributed by atoms with Gasteiger partial charge in [-0.2, -0.15) is 5.10 Å². The van der Waals surface area contributed by atoms with Crippen molar-refractivity contribution in [3.8, 4) is 16.9 Å². The van der Waals surface area contributed by atoms with E-state index in [9.17, 15) is 10.1 Å². The van der Waals surface area contributed by atoms with Gasteiger partial charge in [-0.3, -0.25) is 10.1 Å². The Bertz CT molecular complexity index is 1210. The van der Waals surface area contributed by atoms with Crippen LogP contribution < -0.4 is 10.6 Å². The molecule has 0 spiro atoms. The van der Waals surface area contributed by atoms with Gasteiger partial charge in [0, 0.05) is 41.7 Å². The highest BCUT2D eigenvalue weighted by molar-refractivity contribution is 7.80. The Morgan fingerprint density at radius 2 is 1.71 bits per heavy atom. The van der Waals surface area contributed by atoms with Gasteiger partial charge in [-0.15, -0.1) is 0 Å². The molecule has 0 atom stereocenters. The number of aromatic nitrogens is 2. The number of benzene rings is 3. The quantitative estimate of drug-likeness (QED) is 0.257. The number of para-hydroxylation sites is 1. The van der Waals surface area contributed by atoms with Gasteiger partial charge in [0.05, 0.1) is 16.3 Å². The van der Waals surface area contributed by atoms with E-state index in [0.717, 1.165) is 22.5 Å². The van der Waals surface area contributed by atoms with Gasteiger partial charge in [0.25, 0.3) is 5.69 Å². The van der Waals surface area contributed by atoms with Crippen LogP contribution in [0.4, 0.5) is 11.4 Å². The number of nitrogens with zero attached hydrogens (tertiary/aromatic N) is 3. The topological polar surface area (TPSA) is 85.0 Å². The Labute approximate surface area is 184 Å². The average Bonchev–Trinajstić information content (AvgIpc) is 3.23. The molecule has 4 aromatic rings. The largest absolute Gasteiger partial charge is 0.358 e. The lowest BCUT2D eigenvalue weighted by Crippen LogP contribution is -2.28. The Kier molecular flexibility index (Phi) is 6.00. The van der Waals surface area contributed by atoms with Crippen LogP contribution >= 0.6 is 12.2 Å². The average molecular weight is 430 g/mol. The van der Waals surface area contributed by atoms with Gasteiger partial charge in [0.15, 0.2) is 5.11 Å². The Hall–Kier alpha value is -4.04. The third kappa shape index (κ3) is 4.93. The lowest BCUT2D eigenvalue weighted by molar-refractivity contribution is -0.384. The van der Waals surface area contributed by atoms with E-state index < -0.39 is 4.92 Å². The van der Waals surface area contributed by atoms with Gasteiger partial charge in [0.2, 0.25) is 0 Å². The molecule has 2 N–H and O–H groups in total. The normalized spacial score (nSPS) is 10.5. The summed E-state index contributed by atoms with van der Waals surface area (Å²) in [6, 6.07) is 26.0. The zero-order valence-corrected chi connectivity index (χ0v) is 17.3. The fraction of sp³-hybridized carbons (Fsp3) is 0.0435. The number of nitro benzene ring substituents is 1. The highest BCUT2D eigenvalue weighted by Gasteiger charge is 2.13. The molecule has 3 aromatic carbocycles. The van der Waals surface area contributed by atoms with E-state index in [1.807, 2.05) is 71.5 Å². The van der Waals surface area contributed by atoms with Crippen molar-refractivity contribution in [3.05, 3.63) is 107 Å². The predicted molar refractivity (Wildman–Crippen MR) is 125 cm³/mol. The first-order chi connectivity index (χ1) is 15.1. The minimum Gasteiger partial charge on any atom is -0.358 e. The monoisotopic (exact) mass is 429 g/mol. The smallest absolute Gasteiger partial charge is 0.271 e. The highest BCUT2D eigenvalue weighted by atomic mass is 32.1. The van der Waals surface area contributed by atoms with Crippen molar-refractivity contribution >= 4 is 28.7 Å². The number of hydrogen-bond acceptors (Lipinski definition) is 4. The second kappa shape index (κ2) is 9.19. The van der Waals surface area contributed by atoms with Crippen LogP contribution in [0, 0.1) is 10.1 Å². The molecule has 0 saturated heterocycles. The third-order valence-electron chi connectivity index (χ3n) is 4.61. The van der Waals surface area contributed by atoms with E-state index >= 15 is 0 Å². The van der Waals surface area contributed by atoms with E-state index in [0.29, 0.717) is 17.3 Å². The van der Waals surface area contributed by atoms with E-state index in [1.54, 1.807) is 12.1 Å².